The van der Waals surface area contributed by atoms with Crippen LogP contribution in [0.2, 0.25) is 0 Å². The number of carbonyl (C=O) groups excluding carboxylic acids is 3. The van der Waals surface area contributed by atoms with E-state index in [1.807, 2.05) is 26.0 Å². The number of aryl methyl sites for hydroxylation is 1. The highest BCUT2D eigenvalue weighted by Gasteiger charge is 2.30. The highest BCUT2D eigenvalue weighted by Crippen LogP contribution is 2.50. The molecular weight excluding hydrogens is 576 g/mol. The molecule has 238 valence electrons. The SMILES string of the molecule is COc1cc2c(c(OC)c1OC)-c1ccc(N[C@H](C(=O)Nc3ccc(NC(C)=O)cc3)C(C)C)c(=O)cc1[C@@H](NC(C)=O)CC2. The van der Waals surface area contributed by atoms with Crippen molar-refractivity contribution in [2.75, 3.05) is 37.3 Å². The molecule has 4 rings (SSSR count). The van der Waals surface area contributed by atoms with Gasteiger partial charge in [-0.1, -0.05) is 19.9 Å². The van der Waals surface area contributed by atoms with Crippen LogP contribution in [0.3, 0.4) is 0 Å². The Hall–Kier alpha value is -5.06. The zero-order chi connectivity index (χ0) is 32.8. The predicted molar refractivity (Wildman–Crippen MR) is 174 cm³/mol. The van der Waals surface area contributed by atoms with E-state index in [1.165, 1.54) is 27.0 Å². The molecule has 3 aromatic carbocycles. The number of hydrogen-bond acceptors (Lipinski definition) is 8. The van der Waals surface area contributed by atoms with E-state index in [9.17, 15) is 19.2 Å². The fraction of sp³-hybridized carbons (Fsp3) is 0.353. The molecule has 0 aliphatic heterocycles. The summed E-state index contributed by atoms with van der Waals surface area (Å²) in [6.45, 7) is 6.63. The summed E-state index contributed by atoms with van der Waals surface area (Å²) in [5.74, 6) is 0.445. The molecule has 3 aromatic rings. The van der Waals surface area contributed by atoms with Gasteiger partial charge in [-0.25, -0.2) is 0 Å². The Morgan fingerprint density at radius 3 is 2.02 bits per heavy atom. The molecule has 1 aliphatic carbocycles. The molecule has 0 heterocycles. The Bertz CT molecular complexity index is 1650. The molecular formula is C34H40N4O7. The third kappa shape index (κ3) is 7.36. The van der Waals surface area contributed by atoms with Crippen LogP contribution in [0.1, 0.15) is 51.3 Å². The minimum Gasteiger partial charge on any atom is -0.493 e. The summed E-state index contributed by atoms with van der Waals surface area (Å²) in [7, 11) is 4.63. The summed E-state index contributed by atoms with van der Waals surface area (Å²) in [4.78, 5) is 50.8. The third-order valence-electron chi connectivity index (χ3n) is 7.65. The Morgan fingerprint density at radius 1 is 0.822 bits per heavy atom. The largest absolute Gasteiger partial charge is 0.493 e. The Labute approximate surface area is 262 Å². The van der Waals surface area contributed by atoms with Crippen molar-refractivity contribution in [2.24, 2.45) is 5.92 Å². The molecule has 0 unspecified atom stereocenters. The van der Waals surface area contributed by atoms with Crippen molar-refractivity contribution >= 4 is 34.8 Å². The average molecular weight is 617 g/mol. The van der Waals surface area contributed by atoms with Gasteiger partial charge >= 0.3 is 0 Å². The van der Waals surface area contributed by atoms with Crippen molar-refractivity contribution in [3.63, 3.8) is 0 Å². The Balaban J connectivity index is 1.78. The molecule has 0 saturated carbocycles. The van der Waals surface area contributed by atoms with E-state index in [0.717, 1.165) is 11.1 Å². The van der Waals surface area contributed by atoms with Gasteiger partial charge in [0, 0.05) is 30.8 Å². The first kappa shape index (κ1) is 32.8. The minimum atomic E-state index is -0.757. The Kier molecular flexibility index (Phi) is 10.3. The highest BCUT2D eigenvalue weighted by molar-refractivity contribution is 5.97. The molecule has 11 nitrogen and oxygen atoms in total. The van der Waals surface area contributed by atoms with Crippen LogP contribution in [0.15, 0.2) is 53.3 Å². The Morgan fingerprint density at radius 2 is 1.47 bits per heavy atom. The second kappa shape index (κ2) is 14.1. The van der Waals surface area contributed by atoms with Gasteiger partial charge in [-0.3, -0.25) is 19.2 Å². The van der Waals surface area contributed by atoms with Crippen LogP contribution in [0.4, 0.5) is 17.1 Å². The summed E-state index contributed by atoms with van der Waals surface area (Å²) in [5, 5.41) is 11.7. The maximum Gasteiger partial charge on any atom is 0.247 e. The number of ether oxygens (including phenoxy) is 3. The van der Waals surface area contributed by atoms with Gasteiger partial charge in [0.1, 0.15) is 6.04 Å². The van der Waals surface area contributed by atoms with E-state index in [4.69, 9.17) is 14.2 Å². The van der Waals surface area contributed by atoms with Crippen LogP contribution in [-0.4, -0.2) is 45.1 Å². The lowest BCUT2D eigenvalue weighted by Crippen LogP contribution is -2.39. The number of fused-ring (bicyclic) bond motifs is 3. The minimum absolute atomic E-state index is 0.184. The smallest absolute Gasteiger partial charge is 0.247 e. The van der Waals surface area contributed by atoms with Gasteiger partial charge in [0.25, 0.3) is 0 Å². The van der Waals surface area contributed by atoms with Crippen molar-refractivity contribution in [3.05, 3.63) is 69.9 Å². The summed E-state index contributed by atoms with van der Waals surface area (Å²) < 4.78 is 17.1. The molecule has 0 fully saturated rings. The lowest BCUT2D eigenvalue weighted by Gasteiger charge is -2.22. The maximum atomic E-state index is 13.8. The molecule has 45 heavy (non-hydrogen) atoms. The van der Waals surface area contributed by atoms with Gasteiger partial charge in [0.15, 0.2) is 11.5 Å². The lowest BCUT2D eigenvalue weighted by molar-refractivity contribution is -0.120. The number of anilines is 3. The molecule has 0 radical (unpaired) electrons. The van der Waals surface area contributed by atoms with E-state index < -0.39 is 12.1 Å². The monoisotopic (exact) mass is 616 g/mol. The van der Waals surface area contributed by atoms with Gasteiger partial charge in [-0.05, 0) is 77.9 Å². The van der Waals surface area contributed by atoms with Crippen LogP contribution in [0.25, 0.3) is 11.1 Å². The number of amides is 3. The average Bonchev–Trinajstić information content (AvgIpc) is 3.23. The fourth-order valence-corrected chi connectivity index (χ4v) is 5.59. The second-order valence-corrected chi connectivity index (χ2v) is 11.2. The van der Waals surface area contributed by atoms with Gasteiger partial charge in [0.05, 0.1) is 33.1 Å². The van der Waals surface area contributed by atoms with E-state index in [1.54, 1.807) is 44.6 Å². The first-order chi connectivity index (χ1) is 21.5. The number of rotatable bonds is 10. The van der Waals surface area contributed by atoms with E-state index in [0.29, 0.717) is 52.6 Å². The quantitative estimate of drug-likeness (QED) is 0.252. The van der Waals surface area contributed by atoms with E-state index in [2.05, 4.69) is 21.3 Å². The summed E-state index contributed by atoms with van der Waals surface area (Å²) in [6, 6.07) is 12.4. The molecule has 11 heteroatoms. The molecule has 0 spiro atoms. The van der Waals surface area contributed by atoms with Gasteiger partial charge in [0.2, 0.25) is 28.9 Å². The van der Waals surface area contributed by atoms with E-state index >= 15 is 0 Å². The van der Waals surface area contributed by atoms with Crippen molar-refractivity contribution < 1.29 is 28.6 Å². The van der Waals surface area contributed by atoms with E-state index in [-0.39, 0.29) is 34.8 Å². The predicted octanol–water partition coefficient (Wildman–Crippen LogP) is 4.90. The van der Waals surface area contributed by atoms with Crippen LogP contribution in [0.5, 0.6) is 17.2 Å². The van der Waals surface area contributed by atoms with Crippen LogP contribution in [-0.2, 0) is 20.8 Å². The second-order valence-electron chi connectivity index (χ2n) is 11.2. The molecule has 4 N–H and O–H groups in total. The van der Waals surface area contributed by atoms with Crippen molar-refractivity contribution in [3.8, 4) is 28.4 Å². The number of benzene rings is 2. The number of carbonyl (C=O) groups is 3. The topological polar surface area (TPSA) is 144 Å². The zero-order valence-electron chi connectivity index (χ0n) is 26.6. The third-order valence-corrected chi connectivity index (χ3v) is 7.65. The molecule has 0 saturated heterocycles. The first-order valence-electron chi connectivity index (χ1n) is 14.7. The zero-order valence-corrected chi connectivity index (χ0v) is 26.6. The number of nitrogens with one attached hydrogen (secondary N) is 4. The number of hydrogen-bond donors (Lipinski definition) is 4. The van der Waals surface area contributed by atoms with Crippen molar-refractivity contribution in [2.45, 2.75) is 52.6 Å². The van der Waals surface area contributed by atoms with Crippen LogP contribution >= 0.6 is 0 Å². The van der Waals surface area contributed by atoms with Crippen LogP contribution < -0.4 is 40.9 Å². The molecule has 2 atom stereocenters. The van der Waals surface area contributed by atoms with Crippen LogP contribution in [0, 0.1) is 5.92 Å². The van der Waals surface area contributed by atoms with Crippen molar-refractivity contribution in [1.82, 2.24) is 5.32 Å². The molecule has 3 amide bonds. The first-order valence-corrected chi connectivity index (χ1v) is 14.7. The summed E-state index contributed by atoms with van der Waals surface area (Å²) in [5.41, 5.74) is 3.99. The van der Waals surface area contributed by atoms with Gasteiger partial charge in [-0.15, -0.1) is 0 Å². The summed E-state index contributed by atoms with van der Waals surface area (Å²) in [6.07, 6.45) is 1.11. The highest BCUT2D eigenvalue weighted by atomic mass is 16.5. The molecule has 1 aliphatic rings. The standard InChI is InChI=1S/C34H40N4O7/c1-18(2)31(34(42)37-23-11-9-22(10-12-23)35-19(3)39)38-27-15-13-24-25(17-28(27)41)26(36-20(4)40)14-8-21-16-29(43-5)32(44-6)33(45-7)30(21)24/h9-13,15-18,26,31H,8,14H2,1-7H3,(H,35,39)(H,36,40)(H,37,42)(H,38,41)/t26-,31-/m0/s1. The maximum absolute atomic E-state index is 13.8. The molecule has 0 aromatic heterocycles. The molecule has 0 bridgehead atoms. The fourth-order valence-electron chi connectivity index (χ4n) is 5.59. The van der Waals surface area contributed by atoms with Gasteiger partial charge < -0.3 is 35.5 Å². The summed E-state index contributed by atoms with van der Waals surface area (Å²) >= 11 is 0. The lowest BCUT2D eigenvalue weighted by atomic mass is 9.95. The van der Waals surface area contributed by atoms with Gasteiger partial charge in [-0.2, -0.15) is 0 Å². The normalized spacial score (nSPS) is 14.2. The number of methoxy groups -OCH3 is 3. The van der Waals surface area contributed by atoms with Crippen molar-refractivity contribution in [1.29, 1.82) is 0 Å².